The summed E-state index contributed by atoms with van der Waals surface area (Å²) in [6.07, 6.45) is 9.67. The molecule has 0 nitrogen and oxygen atoms in total. The average Bonchev–Trinajstić information content (AvgIpc) is 2.45. The number of rotatable bonds is 7. The van der Waals surface area contributed by atoms with Crippen LogP contribution in [0.2, 0.25) is 0 Å². The van der Waals surface area contributed by atoms with E-state index in [1.807, 2.05) is 19.9 Å². The van der Waals surface area contributed by atoms with Crippen molar-refractivity contribution >= 4 is 6.08 Å². The van der Waals surface area contributed by atoms with Gasteiger partial charge in [-0.2, -0.15) is 0 Å². The highest BCUT2D eigenvalue weighted by atomic mass is 14.1. The summed E-state index contributed by atoms with van der Waals surface area (Å²) in [6.45, 7) is 12.4. The number of benzene rings is 1. The summed E-state index contributed by atoms with van der Waals surface area (Å²) >= 11 is 0. The second-order valence-corrected chi connectivity index (χ2v) is 4.35. The molecule has 0 aromatic heterocycles. The summed E-state index contributed by atoms with van der Waals surface area (Å²) in [7, 11) is 0. The second-order valence-electron chi connectivity index (χ2n) is 4.35. The fourth-order valence-corrected chi connectivity index (χ4v) is 2.21. The van der Waals surface area contributed by atoms with E-state index in [0.717, 1.165) is 6.42 Å². The molecule has 1 aromatic carbocycles. The first-order valence-corrected chi connectivity index (χ1v) is 7.56. The van der Waals surface area contributed by atoms with Crippen molar-refractivity contribution in [3.05, 3.63) is 41.5 Å². The molecule has 0 atom stereocenters. The molecule has 0 N–H and O–H groups in total. The standard InChI is InChI=1S/C16H24.C2H6/c1-4-7-8-9-13-16-14(5-2)11-10-12-15(16)6-3;1-2/h5,10-12H,2,4,6-9,13H2,1,3H3;1-2H3. The van der Waals surface area contributed by atoms with Gasteiger partial charge in [0.1, 0.15) is 0 Å². The number of hydrogen-bond acceptors (Lipinski definition) is 0. The zero-order valence-electron chi connectivity index (χ0n) is 12.8. The molecule has 18 heavy (non-hydrogen) atoms. The van der Waals surface area contributed by atoms with Crippen molar-refractivity contribution in [2.24, 2.45) is 0 Å². The van der Waals surface area contributed by atoms with E-state index < -0.39 is 0 Å². The van der Waals surface area contributed by atoms with Crippen molar-refractivity contribution in [1.82, 2.24) is 0 Å². The normalized spacial score (nSPS) is 9.56. The van der Waals surface area contributed by atoms with Crippen molar-refractivity contribution in [1.29, 1.82) is 0 Å². The van der Waals surface area contributed by atoms with Crippen molar-refractivity contribution < 1.29 is 0 Å². The Kier molecular flexibility index (Phi) is 10.4. The molecular weight excluding hydrogens is 216 g/mol. The monoisotopic (exact) mass is 246 g/mol. The first-order valence-electron chi connectivity index (χ1n) is 7.56. The first kappa shape index (κ1) is 17.0. The summed E-state index contributed by atoms with van der Waals surface area (Å²) < 4.78 is 0. The molecular formula is C18H30. The van der Waals surface area contributed by atoms with Crippen LogP contribution in [0.1, 0.15) is 70.1 Å². The third kappa shape index (κ3) is 5.53. The Hall–Kier alpha value is -1.04. The van der Waals surface area contributed by atoms with E-state index in [4.69, 9.17) is 0 Å². The minimum Gasteiger partial charge on any atom is -0.0985 e. The van der Waals surface area contributed by atoms with Crippen LogP contribution in [-0.2, 0) is 12.8 Å². The van der Waals surface area contributed by atoms with Crippen LogP contribution in [0.3, 0.4) is 0 Å². The number of hydrogen-bond donors (Lipinski definition) is 0. The average molecular weight is 246 g/mol. The van der Waals surface area contributed by atoms with Crippen LogP contribution in [0, 0.1) is 0 Å². The van der Waals surface area contributed by atoms with Crippen LogP contribution < -0.4 is 0 Å². The summed E-state index contributed by atoms with van der Waals surface area (Å²) in [4.78, 5) is 0. The van der Waals surface area contributed by atoms with Gasteiger partial charge in [-0.15, -0.1) is 0 Å². The Balaban J connectivity index is 0.00000137. The van der Waals surface area contributed by atoms with Gasteiger partial charge in [0.2, 0.25) is 0 Å². The van der Waals surface area contributed by atoms with Gasteiger partial charge in [0.05, 0.1) is 0 Å². The van der Waals surface area contributed by atoms with Crippen LogP contribution in [0.5, 0.6) is 0 Å². The molecule has 0 saturated carbocycles. The summed E-state index contributed by atoms with van der Waals surface area (Å²) in [5.74, 6) is 0. The van der Waals surface area contributed by atoms with Gasteiger partial charge >= 0.3 is 0 Å². The van der Waals surface area contributed by atoms with Gasteiger partial charge in [-0.1, -0.05) is 77.8 Å². The zero-order chi connectivity index (χ0) is 13.8. The summed E-state index contributed by atoms with van der Waals surface area (Å²) in [5, 5.41) is 0. The van der Waals surface area contributed by atoms with Crippen molar-refractivity contribution in [2.45, 2.75) is 66.2 Å². The maximum absolute atomic E-state index is 3.91. The lowest BCUT2D eigenvalue weighted by Gasteiger charge is -2.11. The van der Waals surface area contributed by atoms with Gasteiger partial charge in [-0.3, -0.25) is 0 Å². The van der Waals surface area contributed by atoms with E-state index in [-0.39, 0.29) is 0 Å². The molecule has 1 aromatic rings. The van der Waals surface area contributed by atoms with E-state index in [1.54, 1.807) is 0 Å². The van der Waals surface area contributed by atoms with Gasteiger partial charge in [-0.25, -0.2) is 0 Å². The van der Waals surface area contributed by atoms with E-state index in [0.29, 0.717) is 0 Å². The molecule has 0 heteroatoms. The van der Waals surface area contributed by atoms with Gasteiger partial charge in [0, 0.05) is 0 Å². The summed E-state index contributed by atoms with van der Waals surface area (Å²) in [5.41, 5.74) is 4.35. The Morgan fingerprint density at radius 1 is 1.06 bits per heavy atom. The maximum atomic E-state index is 3.91. The molecule has 0 heterocycles. The lowest BCUT2D eigenvalue weighted by Crippen LogP contribution is -1.96. The molecule has 0 spiro atoms. The highest BCUT2D eigenvalue weighted by Crippen LogP contribution is 2.19. The molecule has 0 saturated heterocycles. The Morgan fingerprint density at radius 2 is 1.78 bits per heavy atom. The van der Waals surface area contributed by atoms with Crippen LogP contribution in [0.4, 0.5) is 0 Å². The molecule has 0 aliphatic carbocycles. The molecule has 0 aliphatic rings. The van der Waals surface area contributed by atoms with Gasteiger partial charge in [0.25, 0.3) is 0 Å². The van der Waals surface area contributed by atoms with E-state index in [1.165, 1.54) is 48.8 Å². The molecule has 102 valence electrons. The van der Waals surface area contributed by atoms with Gasteiger partial charge < -0.3 is 0 Å². The third-order valence-electron chi connectivity index (χ3n) is 3.19. The fraction of sp³-hybridized carbons (Fsp3) is 0.556. The quantitative estimate of drug-likeness (QED) is 0.514. The first-order chi connectivity index (χ1) is 8.83. The highest BCUT2D eigenvalue weighted by molar-refractivity contribution is 5.54. The van der Waals surface area contributed by atoms with Crippen LogP contribution in [0.15, 0.2) is 24.8 Å². The lowest BCUT2D eigenvalue weighted by atomic mass is 9.94. The minimum absolute atomic E-state index is 1.13. The summed E-state index contributed by atoms with van der Waals surface area (Å²) in [6, 6.07) is 6.58. The smallest absolute Gasteiger partial charge is 0.0228 e. The van der Waals surface area contributed by atoms with Crippen molar-refractivity contribution in [2.75, 3.05) is 0 Å². The molecule has 0 aliphatic heterocycles. The predicted octanol–water partition coefficient (Wildman–Crippen LogP) is 6.04. The fourth-order valence-electron chi connectivity index (χ4n) is 2.21. The largest absolute Gasteiger partial charge is 0.0985 e. The SMILES string of the molecule is C=Cc1cccc(CC)c1CCCCCC.CC. The van der Waals surface area contributed by atoms with Crippen LogP contribution >= 0.6 is 0 Å². The number of aryl methyl sites for hydroxylation is 1. The minimum atomic E-state index is 1.13. The van der Waals surface area contributed by atoms with Gasteiger partial charge in [-0.05, 0) is 36.0 Å². The molecule has 0 radical (unpaired) electrons. The number of unbranched alkanes of at least 4 members (excludes halogenated alkanes) is 3. The second kappa shape index (κ2) is 11.1. The van der Waals surface area contributed by atoms with E-state index >= 15 is 0 Å². The molecule has 0 bridgehead atoms. The Morgan fingerprint density at radius 3 is 2.33 bits per heavy atom. The third-order valence-corrected chi connectivity index (χ3v) is 3.19. The van der Waals surface area contributed by atoms with E-state index in [2.05, 4.69) is 38.6 Å². The maximum Gasteiger partial charge on any atom is -0.0228 e. The molecule has 1 rings (SSSR count). The molecule has 0 unspecified atom stereocenters. The van der Waals surface area contributed by atoms with Crippen LogP contribution in [0.25, 0.3) is 6.08 Å². The topological polar surface area (TPSA) is 0 Å². The van der Waals surface area contributed by atoms with E-state index in [9.17, 15) is 0 Å². The van der Waals surface area contributed by atoms with Gasteiger partial charge in [0.15, 0.2) is 0 Å². The Labute approximate surface area is 114 Å². The zero-order valence-corrected chi connectivity index (χ0v) is 12.8. The molecule has 0 amide bonds. The van der Waals surface area contributed by atoms with Crippen LogP contribution in [-0.4, -0.2) is 0 Å². The molecule has 0 fully saturated rings. The van der Waals surface area contributed by atoms with Crippen molar-refractivity contribution in [3.63, 3.8) is 0 Å². The lowest BCUT2D eigenvalue weighted by molar-refractivity contribution is 0.664. The highest BCUT2D eigenvalue weighted by Gasteiger charge is 2.04. The Bertz CT molecular complexity index is 323. The predicted molar refractivity (Wildman–Crippen MR) is 85.1 cm³/mol. The van der Waals surface area contributed by atoms with Crippen molar-refractivity contribution in [3.8, 4) is 0 Å².